The number of pyridine rings is 1. The van der Waals surface area contributed by atoms with Crippen LogP contribution in [-0.4, -0.2) is 53.0 Å². The maximum Gasteiger partial charge on any atom is 0.317 e. The number of carbonyl (C=O) groups excluding carboxylic acids is 1. The molecule has 2 fully saturated rings. The number of amides is 2. The van der Waals surface area contributed by atoms with E-state index >= 15 is 0 Å². The SMILES string of the molecule is O=C(NC1CCCCCC1)N1CCN(Cc2ccncc2)CC1. The number of hydrogen-bond donors (Lipinski definition) is 1. The van der Waals surface area contributed by atoms with Crippen LogP contribution in [0.3, 0.4) is 0 Å². The topological polar surface area (TPSA) is 48.5 Å². The summed E-state index contributed by atoms with van der Waals surface area (Å²) in [4.78, 5) is 20.9. The summed E-state index contributed by atoms with van der Waals surface area (Å²) in [5, 5.41) is 3.25. The summed E-state index contributed by atoms with van der Waals surface area (Å²) in [5.74, 6) is 0. The molecule has 1 aliphatic heterocycles. The van der Waals surface area contributed by atoms with Crippen LogP contribution in [0.15, 0.2) is 24.5 Å². The number of nitrogens with one attached hydrogen (secondary N) is 1. The average molecular weight is 316 g/mol. The highest BCUT2D eigenvalue weighted by molar-refractivity contribution is 5.74. The van der Waals surface area contributed by atoms with Crippen molar-refractivity contribution in [1.82, 2.24) is 20.1 Å². The van der Waals surface area contributed by atoms with Gasteiger partial charge in [0, 0.05) is 51.2 Å². The number of rotatable bonds is 3. The molecule has 2 heterocycles. The van der Waals surface area contributed by atoms with E-state index in [2.05, 4.69) is 27.3 Å². The van der Waals surface area contributed by atoms with Crippen LogP contribution >= 0.6 is 0 Å². The zero-order valence-corrected chi connectivity index (χ0v) is 13.9. The Hall–Kier alpha value is -1.62. The van der Waals surface area contributed by atoms with E-state index in [9.17, 15) is 4.79 Å². The fourth-order valence-electron chi connectivity index (χ4n) is 3.55. The van der Waals surface area contributed by atoms with Crippen molar-refractivity contribution in [2.45, 2.75) is 51.1 Å². The van der Waals surface area contributed by atoms with Crippen LogP contribution < -0.4 is 5.32 Å². The standard InChI is InChI=1S/C18H28N4O/c23-18(20-17-5-3-1-2-4-6-17)22-13-11-21(12-14-22)15-16-7-9-19-10-8-16/h7-10,17H,1-6,11-15H2,(H,20,23). The first-order chi connectivity index (χ1) is 11.3. The molecular formula is C18H28N4O. The summed E-state index contributed by atoms with van der Waals surface area (Å²) in [6.07, 6.45) is 11.1. The van der Waals surface area contributed by atoms with Crippen LogP contribution in [0.5, 0.6) is 0 Å². The highest BCUT2D eigenvalue weighted by atomic mass is 16.2. The second-order valence-electron chi connectivity index (χ2n) is 6.76. The van der Waals surface area contributed by atoms with E-state index in [4.69, 9.17) is 0 Å². The molecule has 2 aliphatic rings. The van der Waals surface area contributed by atoms with Crippen LogP contribution in [0.4, 0.5) is 4.79 Å². The maximum absolute atomic E-state index is 12.4. The zero-order chi connectivity index (χ0) is 15.9. The molecule has 0 radical (unpaired) electrons. The zero-order valence-electron chi connectivity index (χ0n) is 13.9. The lowest BCUT2D eigenvalue weighted by atomic mass is 10.1. The van der Waals surface area contributed by atoms with Crippen LogP contribution in [0.1, 0.15) is 44.1 Å². The van der Waals surface area contributed by atoms with Crippen LogP contribution in [0.25, 0.3) is 0 Å². The summed E-state index contributed by atoms with van der Waals surface area (Å²) in [6.45, 7) is 4.48. The summed E-state index contributed by atoms with van der Waals surface area (Å²) >= 11 is 0. The molecule has 0 aromatic carbocycles. The molecule has 3 rings (SSSR count). The smallest absolute Gasteiger partial charge is 0.317 e. The van der Waals surface area contributed by atoms with Crippen molar-refractivity contribution in [3.63, 3.8) is 0 Å². The molecule has 1 N–H and O–H groups in total. The predicted molar refractivity (Wildman–Crippen MR) is 91.1 cm³/mol. The molecule has 1 aromatic rings. The van der Waals surface area contributed by atoms with Crippen molar-refractivity contribution in [3.8, 4) is 0 Å². The first kappa shape index (κ1) is 16.2. The molecule has 126 valence electrons. The van der Waals surface area contributed by atoms with Gasteiger partial charge in [0.1, 0.15) is 0 Å². The molecule has 1 saturated carbocycles. The van der Waals surface area contributed by atoms with E-state index in [1.54, 1.807) is 0 Å². The molecular weight excluding hydrogens is 288 g/mol. The number of nitrogens with zero attached hydrogens (tertiary/aromatic N) is 3. The Kier molecular flexibility index (Phi) is 5.86. The maximum atomic E-state index is 12.4. The lowest BCUT2D eigenvalue weighted by Gasteiger charge is -2.35. The number of aromatic nitrogens is 1. The molecule has 0 spiro atoms. The molecule has 1 saturated heterocycles. The molecule has 1 aromatic heterocycles. The fourth-order valence-corrected chi connectivity index (χ4v) is 3.55. The normalized spacial score (nSPS) is 21.0. The van der Waals surface area contributed by atoms with Crippen molar-refractivity contribution in [2.24, 2.45) is 0 Å². The summed E-state index contributed by atoms with van der Waals surface area (Å²) in [5.41, 5.74) is 1.29. The quantitative estimate of drug-likeness (QED) is 0.872. The monoisotopic (exact) mass is 316 g/mol. The molecule has 0 unspecified atom stereocenters. The van der Waals surface area contributed by atoms with E-state index in [1.807, 2.05) is 17.3 Å². The molecule has 23 heavy (non-hydrogen) atoms. The first-order valence-corrected chi connectivity index (χ1v) is 8.98. The van der Waals surface area contributed by atoms with Gasteiger partial charge in [0.05, 0.1) is 0 Å². The van der Waals surface area contributed by atoms with Gasteiger partial charge in [-0.15, -0.1) is 0 Å². The molecule has 2 amide bonds. The van der Waals surface area contributed by atoms with Gasteiger partial charge in [-0.25, -0.2) is 4.79 Å². The largest absolute Gasteiger partial charge is 0.335 e. The Bertz CT molecular complexity index is 477. The van der Waals surface area contributed by atoms with Gasteiger partial charge in [-0.3, -0.25) is 9.88 Å². The van der Waals surface area contributed by atoms with Gasteiger partial charge in [0.2, 0.25) is 0 Å². The fraction of sp³-hybridized carbons (Fsp3) is 0.667. The lowest BCUT2D eigenvalue weighted by Crippen LogP contribution is -2.53. The minimum Gasteiger partial charge on any atom is -0.335 e. The van der Waals surface area contributed by atoms with E-state index < -0.39 is 0 Å². The van der Waals surface area contributed by atoms with Gasteiger partial charge in [-0.1, -0.05) is 25.7 Å². The minimum absolute atomic E-state index is 0.139. The molecule has 0 atom stereocenters. The lowest BCUT2D eigenvalue weighted by molar-refractivity contribution is 0.132. The molecule has 1 aliphatic carbocycles. The Morgan fingerprint density at radius 2 is 1.70 bits per heavy atom. The number of piperazine rings is 1. The van der Waals surface area contributed by atoms with Crippen molar-refractivity contribution >= 4 is 6.03 Å². The minimum atomic E-state index is 0.139. The Balaban J connectivity index is 1.42. The van der Waals surface area contributed by atoms with Crippen molar-refractivity contribution in [3.05, 3.63) is 30.1 Å². The first-order valence-electron chi connectivity index (χ1n) is 8.98. The molecule has 5 heteroatoms. The van der Waals surface area contributed by atoms with Crippen molar-refractivity contribution < 1.29 is 4.79 Å². The highest BCUT2D eigenvalue weighted by Gasteiger charge is 2.23. The second-order valence-corrected chi connectivity index (χ2v) is 6.76. The Labute approximate surface area is 139 Å². The van der Waals surface area contributed by atoms with Crippen LogP contribution in [-0.2, 0) is 6.54 Å². The highest BCUT2D eigenvalue weighted by Crippen LogP contribution is 2.17. The van der Waals surface area contributed by atoms with E-state index in [1.165, 1.54) is 31.2 Å². The summed E-state index contributed by atoms with van der Waals surface area (Å²) in [6, 6.07) is 4.65. The van der Waals surface area contributed by atoms with Gasteiger partial charge in [0.25, 0.3) is 0 Å². The van der Waals surface area contributed by atoms with E-state index in [0.717, 1.165) is 45.6 Å². The predicted octanol–water partition coefficient (Wildman–Crippen LogP) is 2.63. The van der Waals surface area contributed by atoms with Gasteiger partial charge in [-0.2, -0.15) is 0 Å². The average Bonchev–Trinajstić information content (AvgIpc) is 2.85. The number of urea groups is 1. The van der Waals surface area contributed by atoms with Gasteiger partial charge in [0.15, 0.2) is 0 Å². The number of carbonyl (C=O) groups is 1. The second kappa shape index (κ2) is 8.29. The van der Waals surface area contributed by atoms with Gasteiger partial charge in [-0.05, 0) is 30.5 Å². The van der Waals surface area contributed by atoms with Crippen LogP contribution in [0, 0.1) is 0 Å². The van der Waals surface area contributed by atoms with E-state index in [0.29, 0.717) is 6.04 Å². The van der Waals surface area contributed by atoms with Crippen molar-refractivity contribution in [2.75, 3.05) is 26.2 Å². The third kappa shape index (κ3) is 4.93. The Morgan fingerprint density at radius 1 is 1.04 bits per heavy atom. The molecule has 5 nitrogen and oxygen atoms in total. The summed E-state index contributed by atoms with van der Waals surface area (Å²) < 4.78 is 0. The van der Waals surface area contributed by atoms with Gasteiger partial charge < -0.3 is 10.2 Å². The Morgan fingerprint density at radius 3 is 2.35 bits per heavy atom. The van der Waals surface area contributed by atoms with E-state index in [-0.39, 0.29) is 6.03 Å². The van der Waals surface area contributed by atoms with Crippen LogP contribution in [0.2, 0.25) is 0 Å². The third-order valence-electron chi connectivity index (χ3n) is 5.00. The number of hydrogen-bond acceptors (Lipinski definition) is 3. The molecule has 0 bridgehead atoms. The van der Waals surface area contributed by atoms with Gasteiger partial charge >= 0.3 is 6.03 Å². The third-order valence-corrected chi connectivity index (χ3v) is 5.00. The van der Waals surface area contributed by atoms with Crippen molar-refractivity contribution in [1.29, 1.82) is 0 Å². The summed E-state index contributed by atoms with van der Waals surface area (Å²) in [7, 11) is 0.